The van der Waals surface area contributed by atoms with E-state index in [1.54, 1.807) is 11.1 Å². The lowest BCUT2D eigenvalue weighted by Crippen LogP contribution is -2.50. The minimum atomic E-state index is 0.413. The number of hydrogen-bond donors (Lipinski definition) is 0. The Labute approximate surface area is 150 Å². The number of rotatable bonds is 3. The largest absolute Gasteiger partial charge is 0.496 e. The fraction of sp³-hybridized carbons (Fsp3) is 0.417. The zero-order valence-corrected chi connectivity index (χ0v) is 14.9. The van der Waals surface area contributed by atoms with Crippen molar-refractivity contribution in [3.63, 3.8) is 0 Å². The van der Waals surface area contributed by atoms with E-state index in [9.17, 15) is 0 Å². The first-order valence-corrected chi connectivity index (χ1v) is 9.68. The van der Waals surface area contributed by atoms with Gasteiger partial charge in [-0.25, -0.2) is 0 Å². The molecule has 128 valence electrons. The molecule has 0 amide bonds. The highest BCUT2D eigenvalue weighted by molar-refractivity contribution is 5.65. The van der Waals surface area contributed by atoms with Gasteiger partial charge < -0.3 is 4.74 Å². The Balaban J connectivity index is 1.58. The van der Waals surface area contributed by atoms with E-state index in [2.05, 4.69) is 60.7 Å². The molecule has 6 rings (SSSR count). The van der Waals surface area contributed by atoms with Crippen LogP contribution in [-0.2, 0) is 10.2 Å². The number of ether oxygens (including phenoxy) is 1. The fourth-order valence-corrected chi connectivity index (χ4v) is 6.30. The van der Waals surface area contributed by atoms with Crippen molar-refractivity contribution in [1.29, 1.82) is 0 Å². The van der Waals surface area contributed by atoms with Gasteiger partial charge in [0.2, 0.25) is 0 Å². The molecule has 0 saturated heterocycles. The average Bonchev–Trinajstić information content (AvgIpc) is 2.65. The number of benzene rings is 2. The normalized spacial score (nSPS) is 34.8. The van der Waals surface area contributed by atoms with E-state index in [0.717, 1.165) is 11.7 Å². The molecule has 0 heterocycles. The minimum Gasteiger partial charge on any atom is -0.496 e. The SMILES string of the molecule is COC(=C1[C@@H]2CC3C[C@H]1CC(c1ccccc1)(C3)C2)c1ccccc1. The van der Waals surface area contributed by atoms with Gasteiger partial charge in [-0.15, -0.1) is 0 Å². The third-order valence-electron chi connectivity index (χ3n) is 6.96. The van der Waals surface area contributed by atoms with Crippen molar-refractivity contribution in [2.75, 3.05) is 7.11 Å². The van der Waals surface area contributed by atoms with Crippen LogP contribution in [0.1, 0.15) is 43.2 Å². The van der Waals surface area contributed by atoms with Crippen LogP contribution in [-0.4, -0.2) is 7.11 Å². The van der Waals surface area contributed by atoms with E-state index in [1.807, 2.05) is 7.11 Å². The molecule has 4 saturated carbocycles. The smallest absolute Gasteiger partial charge is 0.125 e. The van der Waals surface area contributed by atoms with Crippen LogP contribution < -0.4 is 0 Å². The van der Waals surface area contributed by atoms with E-state index >= 15 is 0 Å². The summed E-state index contributed by atoms with van der Waals surface area (Å²) in [5.74, 6) is 3.45. The third-order valence-corrected chi connectivity index (χ3v) is 6.96. The molecule has 2 aromatic carbocycles. The fourth-order valence-electron chi connectivity index (χ4n) is 6.30. The van der Waals surface area contributed by atoms with Crippen LogP contribution in [0.5, 0.6) is 0 Å². The van der Waals surface area contributed by atoms with Gasteiger partial charge in [-0.3, -0.25) is 0 Å². The van der Waals surface area contributed by atoms with E-state index in [0.29, 0.717) is 17.3 Å². The molecule has 2 aromatic rings. The molecule has 0 N–H and O–H groups in total. The second kappa shape index (κ2) is 5.76. The van der Waals surface area contributed by atoms with Crippen LogP contribution in [0.3, 0.4) is 0 Å². The summed E-state index contributed by atoms with van der Waals surface area (Å²) >= 11 is 0. The lowest BCUT2D eigenvalue weighted by atomic mass is 9.46. The Morgan fingerprint density at radius 1 is 0.840 bits per heavy atom. The molecule has 1 heteroatoms. The van der Waals surface area contributed by atoms with Gasteiger partial charge in [0, 0.05) is 5.56 Å². The summed E-state index contributed by atoms with van der Waals surface area (Å²) in [6.45, 7) is 0. The molecule has 0 aromatic heterocycles. The van der Waals surface area contributed by atoms with Crippen molar-refractivity contribution in [1.82, 2.24) is 0 Å². The third kappa shape index (κ3) is 2.36. The summed E-state index contributed by atoms with van der Waals surface area (Å²) in [6, 6.07) is 22.0. The van der Waals surface area contributed by atoms with Crippen LogP contribution in [0.4, 0.5) is 0 Å². The first kappa shape index (κ1) is 15.3. The molecule has 1 nitrogen and oxygen atoms in total. The Morgan fingerprint density at radius 2 is 1.44 bits per heavy atom. The molecule has 0 aliphatic heterocycles. The van der Waals surface area contributed by atoms with Crippen LogP contribution >= 0.6 is 0 Å². The highest BCUT2D eigenvalue weighted by atomic mass is 16.5. The first-order chi connectivity index (χ1) is 12.3. The Bertz CT molecular complexity index is 771. The molecule has 4 bridgehead atoms. The maximum atomic E-state index is 5.98. The molecule has 0 spiro atoms. The highest BCUT2D eigenvalue weighted by Crippen LogP contribution is 2.63. The standard InChI is InChI=1S/C24H26O/c1-25-23(18-8-4-2-5-9-18)22-19-12-17-13-20(22)16-24(14-17,15-19)21-10-6-3-7-11-21/h2-11,17,19-20H,12-16H2,1H3/t17?,19-,20+,24?. The lowest BCUT2D eigenvalue weighted by molar-refractivity contribution is 0.0386. The van der Waals surface area contributed by atoms with Gasteiger partial charge in [-0.2, -0.15) is 0 Å². The van der Waals surface area contributed by atoms with Crippen LogP contribution in [0.2, 0.25) is 0 Å². The number of hydrogen-bond acceptors (Lipinski definition) is 1. The summed E-state index contributed by atoms with van der Waals surface area (Å²) in [4.78, 5) is 0. The lowest BCUT2D eigenvalue weighted by Gasteiger charge is -2.58. The quantitative estimate of drug-likeness (QED) is 0.644. The number of allylic oxidation sites excluding steroid dienone is 1. The van der Waals surface area contributed by atoms with Crippen molar-refractivity contribution in [2.45, 2.75) is 37.5 Å². The van der Waals surface area contributed by atoms with Gasteiger partial charge in [0.15, 0.2) is 0 Å². The summed E-state index contributed by atoms with van der Waals surface area (Å²) in [5, 5.41) is 0. The Morgan fingerprint density at radius 3 is 2.04 bits per heavy atom. The van der Waals surface area contributed by atoms with Gasteiger partial charge in [0.25, 0.3) is 0 Å². The van der Waals surface area contributed by atoms with Crippen LogP contribution in [0.25, 0.3) is 5.76 Å². The van der Waals surface area contributed by atoms with Crippen LogP contribution in [0.15, 0.2) is 66.2 Å². The second-order valence-electron chi connectivity index (χ2n) is 8.34. The van der Waals surface area contributed by atoms with Gasteiger partial charge in [0.1, 0.15) is 5.76 Å². The summed E-state index contributed by atoms with van der Waals surface area (Å²) in [6.07, 6.45) is 6.73. The van der Waals surface area contributed by atoms with Crippen molar-refractivity contribution < 1.29 is 4.74 Å². The van der Waals surface area contributed by atoms with Crippen LogP contribution in [0, 0.1) is 17.8 Å². The summed E-state index contributed by atoms with van der Waals surface area (Å²) in [7, 11) is 1.85. The monoisotopic (exact) mass is 330 g/mol. The maximum absolute atomic E-state index is 5.98. The average molecular weight is 330 g/mol. The molecule has 2 unspecified atom stereocenters. The topological polar surface area (TPSA) is 9.23 Å². The zero-order valence-electron chi connectivity index (χ0n) is 14.9. The van der Waals surface area contributed by atoms with Crippen molar-refractivity contribution in [3.8, 4) is 0 Å². The Hall–Kier alpha value is -2.02. The van der Waals surface area contributed by atoms with Crippen molar-refractivity contribution >= 4 is 5.76 Å². The predicted octanol–water partition coefficient (Wildman–Crippen LogP) is 5.82. The maximum Gasteiger partial charge on any atom is 0.125 e. The molecule has 4 aliphatic rings. The molecule has 4 atom stereocenters. The first-order valence-electron chi connectivity index (χ1n) is 9.68. The van der Waals surface area contributed by atoms with Crippen molar-refractivity contribution in [3.05, 3.63) is 77.4 Å². The van der Waals surface area contributed by atoms with Gasteiger partial charge in [-0.1, -0.05) is 60.7 Å². The second-order valence-corrected chi connectivity index (χ2v) is 8.34. The van der Waals surface area contributed by atoms with Gasteiger partial charge >= 0.3 is 0 Å². The van der Waals surface area contributed by atoms with Gasteiger partial charge in [0.05, 0.1) is 7.11 Å². The summed E-state index contributed by atoms with van der Waals surface area (Å²) in [5.41, 5.74) is 4.86. The van der Waals surface area contributed by atoms with E-state index < -0.39 is 0 Å². The van der Waals surface area contributed by atoms with E-state index in [1.165, 1.54) is 37.7 Å². The predicted molar refractivity (Wildman–Crippen MR) is 102 cm³/mol. The number of methoxy groups -OCH3 is 1. The van der Waals surface area contributed by atoms with Gasteiger partial charge in [-0.05, 0) is 66.4 Å². The molecule has 4 aliphatic carbocycles. The molecule has 0 radical (unpaired) electrons. The molecule has 4 fully saturated rings. The van der Waals surface area contributed by atoms with Crippen molar-refractivity contribution in [2.24, 2.45) is 17.8 Å². The molecule has 25 heavy (non-hydrogen) atoms. The zero-order chi connectivity index (χ0) is 16.9. The van der Waals surface area contributed by atoms with E-state index in [-0.39, 0.29) is 0 Å². The Kier molecular flexibility index (Phi) is 3.51. The molecular formula is C24H26O. The van der Waals surface area contributed by atoms with E-state index in [4.69, 9.17) is 4.74 Å². The summed E-state index contributed by atoms with van der Waals surface area (Å²) < 4.78 is 5.98. The highest BCUT2D eigenvalue weighted by Gasteiger charge is 2.54. The molecular weight excluding hydrogens is 304 g/mol. The minimum absolute atomic E-state index is 0.413.